The summed E-state index contributed by atoms with van der Waals surface area (Å²) in [4.78, 5) is 2.40. The first-order chi connectivity index (χ1) is 8.22. The van der Waals surface area contributed by atoms with E-state index in [0.717, 1.165) is 36.0 Å². The van der Waals surface area contributed by atoms with Gasteiger partial charge in [0.15, 0.2) is 5.11 Å². The van der Waals surface area contributed by atoms with Crippen molar-refractivity contribution in [2.45, 2.75) is 51.5 Å². The van der Waals surface area contributed by atoms with Crippen LogP contribution < -0.4 is 5.32 Å². The van der Waals surface area contributed by atoms with Crippen LogP contribution in [0.15, 0.2) is 0 Å². The van der Waals surface area contributed by atoms with E-state index in [1.807, 2.05) is 0 Å². The molecule has 3 aliphatic rings. The van der Waals surface area contributed by atoms with Crippen LogP contribution in [0.3, 0.4) is 0 Å². The average molecular weight is 252 g/mol. The van der Waals surface area contributed by atoms with Gasteiger partial charge in [0.25, 0.3) is 0 Å². The molecule has 4 atom stereocenters. The third kappa shape index (κ3) is 2.44. The highest BCUT2D eigenvalue weighted by Crippen LogP contribution is 2.44. The summed E-state index contributed by atoms with van der Waals surface area (Å²) in [6, 6.07) is 0.693. The van der Waals surface area contributed by atoms with Crippen molar-refractivity contribution < 1.29 is 0 Å². The summed E-state index contributed by atoms with van der Waals surface area (Å²) in [5.41, 5.74) is 0. The molecule has 2 aliphatic carbocycles. The van der Waals surface area contributed by atoms with Crippen LogP contribution in [0, 0.1) is 17.8 Å². The van der Waals surface area contributed by atoms with Crippen LogP contribution in [0.1, 0.15) is 45.4 Å². The van der Waals surface area contributed by atoms with E-state index in [2.05, 4.69) is 17.1 Å². The zero-order chi connectivity index (χ0) is 11.8. The Bertz CT molecular complexity index is 305. The molecule has 2 nitrogen and oxygen atoms in total. The highest BCUT2D eigenvalue weighted by atomic mass is 32.1. The zero-order valence-electron chi connectivity index (χ0n) is 10.8. The van der Waals surface area contributed by atoms with E-state index >= 15 is 0 Å². The van der Waals surface area contributed by atoms with Crippen molar-refractivity contribution in [3.63, 3.8) is 0 Å². The number of hydrogen-bond donors (Lipinski definition) is 1. The predicted octanol–water partition coefficient (Wildman–Crippen LogP) is 2.78. The molecule has 0 aromatic heterocycles. The van der Waals surface area contributed by atoms with Crippen molar-refractivity contribution in [1.82, 2.24) is 10.2 Å². The van der Waals surface area contributed by atoms with Gasteiger partial charge in [0, 0.05) is 19.1 Å². The summed E-state index contributed by atoms with van der Waals surface area (Å²) in [6.45, 7) is 4.66. The van der Waals surface area contributed by atoms with E-state index in [1.165, 1.54) is 38.5 Å². The summed E-state index contributed by atoms with van der Waals surface area (Å²) in [7, 11) is 0. The van der Waals surface area contributed by atoms with Gasteiger partial charge in [-0.15, -0.1) is 0 Å². The second-order valence-electron chi connectivity index (χ2n) is 6.42. The number of likely N-dealkylation sites (tertiary alicyclic amines) is 1. The molecule has 2 bridgehead atoms. The maximum absolute atomic E-state index is 5.59. The Morgan fingerprint density at radius 1 is 1.24 bits per heavy atom. The highest BCUT2D eigenvalue weighted by Gasteiger charge is 2.40. The number of piperidine rings is 1. The van der Waals surface area contributed by atoms with Crippen LogP contribution in [0.2, 0.25) is 0 Å². The van der Waals surface area contributed by atoms with Crippen LogP contribution in [-0.2, 0) is 0 Å². The largest absolute Gasteiger partial charge is 0.360 e. The average Bonchev–Trinajstić information content (AvgIpc) is 2.91. The Morgan fingerprint density at radius 2 is 2.12 bits per heavy atom. The molecule has 1 saturated heterocycles. The van der Waals surface area contributed by atoms with E-state index in [0.29, 0.717) is 6.04 Å². The molecule has 0 unspecified atom stereocenters. The van der Waals surface area contributed by atoms with Crippen LogP contribution in [-0.4, -0.2) is 29.1 Å². The third-order valence-corrected chi connectivity index (χ3v) is 5.37. The normalized spacial score (nSPS) is 40.6. The van der Waals surface area contributed by atoms with Crippen molar-refractivity contribution in [1.29, 1.82) is 0 Å². The second-order valence-corrected chi connectivity index (χ2v) is 6.81. The minimum absolute atomic E-state index is 0.693. The summed E-state index contributed by atoms with van der Waals surface area (Å²) < 4.78 is 0. The minimum Gasteiger partial charge on any atom is -0.360 e. The monoisotopic (exact) mass is 252 g/mol. The number of fused-ring (bicyclic) bond motifs is 2. The van der Waals surface area contributed by atoms with Crippen LogP contribution in [0.4, 0.5) is 0 Å². The molecule has 3 rings (SSSR count). The Balaban J connectivity index is 1.53. The maximum atomic E-state index is 5.59. The van der Waals surface area contributed by atoms with Crippen molar-refractivity contribution >= 4 is 17.3 Å². The third-order valence-electron chi connectivity index (χ3n) is 4.99. The SMILES string of the molecule is C[C@@H]1CCCN(C(=S)N[C@H]2C[C@H]3CC[C@H]2C3)C1. The van der Waals surface area contributed by atoms with E-state index in [1.54, 1.807) is 0 Å². The lowest BCUT2D eigenvalue weighted by Crippen LogP contribution is -2.49. The van der Waals surface area contributed by atoms with Gasteiger partial charge in [0.05, 0.1) is 0 Å². The number of thiocarbonyl (C=S) groups is 1. The minimum atomic E-state index is 0.693. The first-order valence-corrected chi connectivity index (χ1v) is 7.68. The molecule has 0 spiro atoms. The fourth-order valence-corrected chi connectivity index (χ4v) is 4.36. The lowest BCUT2D eigenvalue weighted by molar-refractivity contribution is 0.263. The lowest BCUT2D eigenvalue weighted by Gasteiger charge is -2.35. The Kier molecular flexibility index (Phi) is 3.29. The molecule has 0 aromatic carbocycles. The Labute approximate surface area is 110 Å². The zero-order valence-corrected chi connectivity index (χ0v) is 11.6. The van der Waals surface area contributed by atoms with Gasteiger partial charge in [0.2, 0.25) is 0 Å². The molecule has 2 saturated carbocycles. The van der Waals surface area contributed by atoms with Gasteiger partial charge in [-0.05, 0) is 62.1 Å². The highest BCUT2D eigenvalue weighted by molar-refractivity contribution is 7.80. The molecule has 1 N–H and O–H groups in total. The first kappa shape index (κ1) is 11.8. The van der Waals surface area contributed by atoms with Crippen LogP contribution in [0.5, 0.6) is 0 Å². The number of hydrogen-bond acceptors (Lipinski definition) is 1. The standard InChI is InChI=1S/C14H24N2S/c1-10-3-2-6-16(9-10)14(17)15-13-8-11-4-5-12(13)7-11/h10-13H,2-9H2,1H3,(H,15,17)/t10-,11+,12+,13+/m1/s1. The van der Waals surface area contributed by atoms with E-state index in [4.69, 9.17) is 12.2 Å². The van der Waals surface area contributed by atoms with Gasteiger partial charge in [0.1, 0.15) is 0 Å². The molecular formula is C14H24N2S. The van der Waals surface area contributed by atoms with Crippen molar-refractivity contribution in [2.75, 3.05) is 13.1 Å². The van der Waals surface area contributed by atoms with Gasteiger partial charge < -0.3 is 10.2 Å². The molecule has 1 aliphatic heterocycles. The molecule has 17 heavy (non-hydrogen) atoms. The number of rotatable bonds is 1. The van der Waals surface area contributed by atoms with Gasteiger partial charge in [-0.25, -0.2) is 0 Å². The molecular weight excluding hydrogens is 228 g/mol. The molecule has 3 heteroatoms. The van der Waals surface area contributed by atoms with Gasteiger partial charge >= 0.3 is 0 Å². The van der Waals surface area contributed by atoms with Crippen LogP contribution >= 0.6 is 12.2 Å². The van der Waals surface area contributed by atoms with Gasteiger partial charge in [-0.3, -0.25) is 0 Å². The maximum Gasteiger partial charge on any atom is 0.169 e. The Morgan fingerprint density at radius 3 is 2.76 bits per heavy atom. The van der Waals surface area contributed by atoms with E-state index in [-0.39, 0.29) is 0 Å². The Hall–Kier alpha value is -0.310. The van der Waals surface area contributed by atoms with Crippen LogP contribution in [0.25, 0.3) is 0 Å². The van der Waals surface area contributed by atoms with Gasteiger partial charge in [-0.2, -0.15) is 0 Å². The fraction of sp³-hybridized carbons (Fsp3) is 0.929. The van der Waals surface area contributed by atoms with Crippen molar-refractivity contribution in [3.05, 3.63) is 0 Å². The first-order valence-electron chi connectivity index (χ1n) is 7.28. The summed E-state index contributed by atoms with van der Waals surface area (Å²) >= 11 is 5.59. The molecule has 96 valence electrons. The van der Waals surface area contributed by atoms with Crippen molar-refractivity contribution in [2.24, 2.45) is 17.8 Å². The smallest absolute Gasteiger partial charge is 0.169 e. The predicted molar refractivity (Wildman–Crippen MR) is 74.9 cm³/mol. The summed E-state index contributed by atoms with van der Waals surface area (Å²) in [5, 5.41) is 4.69. The van der Waals surface area contributed by atoms with E-state index < -0.39 is 0 Å². The quantitative estimate of drug-likeness (QED) is 0.723. The molecule has 0 radical (unpaired) electrons. The fourth-order valence-electron chi connectivity index (χ4n) is 4.05. The number of nitrogens with one attached hydrogen (secondary N) is 1. The van der Waals surface area contributed by atoms with Crippen molar-refractivity contribution in [3.8, 4) is 0 Å². The lowest BCUT2D eigenvalue weighted by atomic mass is 9.95. The summed E-state index contributed by atoms with van der Waals surface area (Å²) in [6.07, 6.45) is 8.40. The summed E-state index contributed by atoms with van der Waals surface area (Å²) in [5.74, 6) is 2.73. The topological polar surface area (TPSA) is 15.3 Å². The molecule has 0 aromatic rings. The molecule has 1 heterocycles. The molecule has 0 amide bonds. The van der Waals surface area contributed by atoms with Gasteiger partial charge in [-0.1, -0.05) is 13.3 Å². The van der Waals surface area contributed by atoms with E-state index in [9.17, 15) is 0 Å². The second kappa shape index (κ2) is 4.75. The number of nitrogens with zero attached hydrogens (tertiary/aromatic N) is 1. The molecule has 3 fully saturated rings.